The first kappa shape index (κ1) is 16.1. The first-order chi connectivity index (χ1) is 12.3. The van der Waals surface area contributed by atoms with E-state index in [2.05, 4.69) is 73.3 Å². The quantitative estimate of drug-likeness (QED) is 0.599. The highest BCUT2D eigenvalue weighted by molar-refractivity contribution is 5.94. The van der Waals surface area contributed by atoms with Gasteiger partial charge in [-0.25, -0.2) is 4.98 Å². The molecule has 0 radical (unpaired) electrons. The average molecular weight is 330 g/mol. The first-order valence-electron chi connectivity index (χ1n) is 9.52. The lowest BCUT2D eigenvalue weighted by molar-refractivity contribution is 0.486. The molecular weight excluding hydrogens is 304 g/mol. The minimum Gasteiger partial charge on any atom is -0.368 e. The van der Waals surface area contributed by atoms with Crippen LogP contribution in [0.1, 0.15) is 38.7 Å². The van der Waals surface area contributed by atoms with Gasteiger partial charge in [0.2, 0.25) is 0 Å². The lowest BCUT2D eigenvalue weighted by Crippen LogP contribution is -2.37. The Labute approximate surface area is 150 Å². The van der Waals surface area contributed by atoms with Crippen LogP contribution in [0.4, 0.5) is 5.69 Å². The van der Waals surface area contributed by atoms with Crippen molar-refractivity contribution in [2.75, 3.05) is 11.4 Å². The number of fused-ring (bicyclic) bond motifs is 1. The highest BCUT2D eigenvalue weighted by atomic mass is 15.2. The van der Waals surface area contributed by atoms with Crippen LogP contribution in [-0.4, -0.2) is 17.6 Å². The topological polar surface area (TPSA) is 16.1 Å². The predicted molar refractivity (Wildman–Crippen MR) is 107 cm³/mol. The van der Waals surface area contributed by atoms with Crippen molar-refractivity contribution in [3.05, 3.63) is 60.2 Å². The maximum Gasteiger partial charge on any atom is 0.0730 e. The van der Waals surface area contributed by atoms with Gasteiger partial charge in [0.1, 0.15) is 0 Å². The van der Waals surface area contributed by atoms with E-state index in [1.54, 1.807) is 0 Å². The average Bonchev–Trinajstić information content (AvgIpc) is 2.68. The predicted octanol–water partition coefficient (Wildman–Crippen LogP) is 5.84. The number of aryl methyl sites for hydroxylation is 1. The van der Waals surface area contributed by atoms with Crippen LogP contribution < -0.4 is 4.90 Å². The molecule has 1 atom stereocenters. The summed E-state index contributed by atoms with van der Waals surface area (Å²) < 4.78 is 0. The van der Waals surface area contributed by atoms with Gasteiger partial charge in [-0.2, -0.15) is 0 Å². The van der Waals surface area contributed by atoms with Crippen molar-refractivity contribution in [1.29, 1.82) is 0 Å². The fourth-order valence-electron chi connectivity index (χ4n) is 3.91. The van der Waals surface area contributed by atoms with Crippen LogP contribution in [-0.2, 0) is 6.42 Å². The van der Waals surface area contributed by atoms with Crippen molar-refractivity contribution in [3.8, 4) is 11.3 Å². The number of piperidine rings is 1. The SMILES string of the molecule is CCc1ccc(-c2cc(N3CCCC[C@@H]3C)c3ccccc3n2)cc1. The van der Waals surface area contributed by atoms with E-state index in [0.29, 0.717) is 6.04 Å². The van der Waals surface area contributed by atoms with E-state index in [0.717, 1.165) is 24.2 Å². The highest BCUT2D eigenvalue weighted by Crippen LogP contribution is 2.34. The van der Waals surface area contributed by atoms with Crippen LogP contribution in [0.5, 0.6) is 0 Å². The second kappa shape index (κ2) is 6.87. The zero-order valence-electron chi connectivity index (χ0n) is 15.2. The van der Waals surface area contributed by atoms with Gasteiger partial charge < -0.3 is 4.90 Å². The Balaban J connectivity index is 1.85. The molecule has 3 aromatic rings. The molecule has 25 heavy (non-hydrogen) atoms. The number of aromatic nitrogens is 1. The molecule has 2 aromatic carbocycles. The Morgan fingerprint density at radius 3 is 2.60 bits per heavy atom. The van der Waals surface area contributed by atoms with Crippen LogP contribution >= 0.6 is 0 Å². The lowest BCUT2D eigenvalue weighted by Gasteiger charge is -2.36. The van der Waals surface area contributed by atoms with Gasteiger partial charge in [-0.05, 0) is 50.3 Å². The molecule has 2 nitrogen and oxygen atoms in total. The number of hydrogen-bond acceptors (Lipinski definition) is 2. The summed E-state index contributed by atoms with van der Waals surface area (Å²) in [6, 6.07) is 20.3. The minimum atomic E-state index is 0.592. The molecule has 4 rings (SSSR count). The summed E-state index contributed by atoms with van der Waals surface area (Å²) in [5, 5.41) is 1.27. The van der Waals surface area contributed by atoms with Gasteiger partial charge in [-0.3, -0.25) is 0 Å². The standard InChI is InChI=1S/C23H26N2/c1-3-18-11-13-19(14-12-18)22-16-23(25-15-7-6-8-17(25)2)20-9-4-5-10-21(20)24-22/h4-5,9-14,16-17H,3,6-8,15H2,1-2H3/t17-/m0/s1. The van der Waals surface area contributed by atoms with Crippen molar-refractivity contribution in [3.63, 3.8) is 0 Å². The van der Waals surface area contributed by atoms with Gasteiger partial charge in [0.25, 0.3) is 0 Å². The second-order valence-corrected chi connectivity index (χ2v) is 7.13. The molecule has 128 valence electrons. The summed E-state index contributed by atoms with van der Waals surface area (Å²) in [4.78, 5) is 7.54. The van der Waals surface area contributed by atoms with E-state index in [9.17, 15) is 0 Å². The maximum atomic E-state index is 4.95. The third-order valence-electron chi connectivity index (χ3n) is 5.46. The van der Waals surface area contributed by atoms with E-state index >= 15 is 0 Å². The van der Waals surface area contributed by atoms with E-state index in [4.69, 9.17) is 4.98 Å². The molecule has 0 N–H and O–H groups in total. The van der Waals surface area contributed by atoms with Gasteiger partial charge >= 0.3 is 0 Å². The Morgan fingerprint density at radius 1 is 1.04 bits per heavy atom. The van der Waals surface area contributed by atoms with E-state index < -0.39 is 0 Å². The number of para-hydroxylation sites is 1. The van der Waals surface area contributed by atoms with Crippen molar-refractivity contribution < 1.29 is 0 Å². The zero-order chi connectivity index (χ0) is 17.2. The Bertz CT molecular complexity index is 867. The highest BCUT2D eigenvalue weighted by Gasteiger charge is 2.21. The summed E-state index contributed by atoms with van der Waals surface area (Å²) in [7, 11) is 0. The summed E-state index contributed by atoms with van der Waals surface area (Å²) >= 11 is 0. The molecule has 2 heteroatoms. The van der Waals surface area contributed by atoms with Crippen LogP contribution in [0.15, 0.2) is 54.6 Å². The molecule has 1 saturated heterocycles. The Morgan fingerprint density at radius 2 is 1.84 bits per heavy atom. The van der Waals surface area contributed by atoms with Crippen LogP contribution in [0, 0.1) is 0 Å². The molecule has 0 spiro atoms. The van der Waals surface area contributed by atoms with Crippen molar-refractivity contribution >= 4 is 16.6 Å². The van der Waals surface area contributed by atoms with E-state index in [1.165, 1.54) is 41.5 Å². The zero-order valence-corrected chi connectivity index (χ0v) is 15.2. The number of benzene rings is 2. The molecule has 0 aliphatic carbocycles. The molecule has 2 heterocycles. The minimum absolute atomic E-state index is 0.592. The number of nitrogens with zero attached hydrogens (tertiary/aromatic N) is 2. The normalized spacial score (nSPS) is 17.8. The maximum absolute atomic E-state index is 4.95. The van der Waals surface area contributed by atoms with Crippen molar-refractivity contribution in [1.82, 2.24) is 4.98 Å². The molecule has 1 fully saturated rings. The Kier molecular flexibility index (Phi) is 4.44. The van der Waals surface area contributed by atoms with E-state index in [-0.39, 0.29) is 0 Å². The second-order valence-electron chi connectivity index (χ2n) is 7.13. The van der Waals surface area contributed by atoms with Crippen molar-refractivity contribution in [2.45, 2.75) is 45.6 Å². The Hall–Kier alpha value is -2.35. The molecular formula is C23H26N2. The lowest BCUT2D eigenvalue weighted by atomic mass is 10.00. The van der Waals surface area contributed by atoms with Gasteiger partial charge in [0, 0.05) is 29.2 Å². The van der Waals surface area contributed by atoms with Crippen LogP contribution in [0.3, 0.4) is 0 Å². The largest absolute Gasteiger partial charge is 0.368 e. The summed E-state index contributed by atoms with van der Waals surface area (Å²) in [6.45, 7) is 5.69. The monoisotopic (exact) mass is 330 g/mol. The first-order valence-corrected chi connectivity index (χ1v) is 9.52. The van der Waals surface area contributed by atoms with Gasteiger partial charge in [0.15, 0.2) is 0 Å². The van der Waals surface area contributed by atoms with Gasteiger partial charge in [-0.15, -0.1) is 0 Å². The third-order valence-corrected chi connectivity index (χ3v) is 5.46. The smallest absolute Gasteiger partial charge is 0.0730 e. The molecule has 1 aromatic heterocycles. The fourth-order valence-corrected chi connectivity index (χ4v) is 3.91. The summed E-state index contributed by atoms with van der Waals surface area (Å²) in [6.07, 6.45) is 4.96. The number of rotatable bonds is 3. The van der Waals surface area contributed by atoms with Crippen LogP contribution in [0.2, 0.25) is 0 Å². The molecule has 1 aliphatic rings. The number of pyridine rings is 1. The van der Waals surface area contributed by atoms with Crippen molar-refractivity contribution in [2.24, 2.45) is 0 Å². The molecule has 0 amide bonds. The van der Waals surface area contributed by atoms with Gasteiger partial charge in [0.05, 0.1) is 11.2 Å². The molecule has 0 bridgehead atoms. The third kappa shape index (κ3) is 3.13. The van der Waals surface area contributed by atoms with Gasteiger partial charge in [-0.1, -0.05) is 49.4 Å². The molecule has 0 unspecified atom stereocenters. The summed E-state index contributed by atoms with van der Waals surface area (Å²) in [5.41, 5.74) is 6.08. The van der Waals surface area contributed by atoms with Crippen LogP contribution in [0.25, 0.3) is 22.2 Å². The van der Waals surface area contributed by atoms with E-state index in [1.807, 2.05) is 0 Å². The number of anilines is 1. The fraction of sp³-hybridized carbons (Fsp3) is 0.348. The molecule has 0 saturated carbocycles. The summed E-state index contributed by atoms with van der Waals surface area (Å²) in [5.74, 6) is 0. The molecule has 1 aliphatic heterocycles. The number of hydrogen-bond donors (Lipinski definition) is 0.